The van der Waals surface area contributed by atoms with Crippen LogP contribution in [-0.2, 0) is 16.0 Å². The van der Waals surface area contributed by atoms with E-state index in [1.165, 1.54) is 5.56 Å². The molecule has 0 saturated carbocycles. The predicted molar refractivity (Wildman–Crippen MR) is 64.9 cm³/mol. The molecule has 0 amide bonds. The lowest BCUT2D eigenvalue weighted by Crippen LogP contribution is -2.37. The molecule has 2 unspecified atom stereocenters. The zero-order valence-electron chi connectivity index (χ0n) is 10.1. The Bertz CT molecular complexity index is 388. The van der Waals surface area contributed by atoms with Gasteiger partial charge in [-0.3, -0.25) is 4.79 Å². The quantitative estimate of drug-likeness (QED) is 0.870. The van der Waals surface area contributed by atoms with E-state index in [1.807, 2.05) is 37.3 Å². The van der Waals surface area contributed by atoms with Crippen LogP contribution in [0.1, 0.15) is 25.3 Å². The van der Waals surface area contributed by atoms with Gasteiger partial charge in [-0.1, -0.05) is 30.3 Å². The fourth-order valence-corrected chi connectivity index (χ4v) is 2.51. The van der Waals surface area contributed by atoms with Gasteiger partial charge >= 0.3 is 5.97 Å². The van der Waals surface area contributed by atoms with Crippen LogP contribution in [0.25, 0.3) is 0 Å². The molecule has 17 heavy (non-hydrogen) atoms. The second-order valence-corrected chi connectivity index (χ2v) is 4.71. The van der Waals surface area contributed by atoms with Crippen LogP contribution in [0.3, 0.4) is 0 Å². The third-order valence-corrected chi connectivity index (χ3v) is 3.82. The van der Waals surface area contributed by atoms with Crippen LogP contribution in [0.5, 0.6) is 0 Å². The molecule has 2 rings (SSSR count). The number of benzene rings is 1. The SMILES string of the molecule is CC1OCCC1(CCc1ccccc1)C(=O)O. The van der Waals surface area contributed by atoms with Gasteiger partial charge in [-0.15, -0.1) is 0 Å². The summed E-state index contributed by atoms with van der Waals surface area (Å²) in [5.41, 5.74) is 0.489. The van der Waals surface area contributed by atoms with Crippen LogP contribution in [-0.4, -0.2) is 23.8 Å². The zero-order valence-corrected chi connectivity index (χ0v) is 10.1. The second-order valence-electron chi connectivity index (χ2n) is 4.71. The van der Waals surface area contributed by atoms with Gasteiger partial charge in [0.2, 0.25) is 0 Å². The van der Waals surface area contributed by atoms with E-state index in [0.29, 0.717) is 19.4 Å². The Morgan fingerprint density at radius 1 is 1.47 bits per heavy atom. The average molecular weight is 234 g/mol. The van der Waals surface area contributed by atoms with Gasteiger partial charge in [-0.25, -0.2) is 0 Å². The molecule has 2 atom stereocenters. The summed E-state index contributed by atoms with van der Waals surface area (Å²) in [5, 5.41) is 9.43. The normalized spacial score (nSPS) is 28.2. The first kappa shape index (κ1) is 12.1. The molecule has 0 aliphatic carbocycles. The number of hydrogen-bond acceptors (Lipinski definition) is 2. The van der Waals surface area contributed by atoms with Crippen LogP contribution < -0.4 is 0 Å². The maximum absolute atomic E-state index is 11.5. The Morgan fingerprint density at radius 3 is 2.71 bits per heavy atom. The van der Waals surface area contributed by atoms with Gasteiger partial charge in [0.15, 0.2) is 0 Å². The van der Waals surface area contributed by atoms with E-state index in [2.05, 4.69) is 0 Å². The number of carboxylic acids is 1. The summed E-state index contributed by atoms with van der Waals surface area (Å²) in [4.78, 5) is 11.5. The van der Waals surface area contributed by atoms with E-state index < -0.39 is 11.4 Å². The van der Waals surface area contributed by atoms with Gasteiger partial charge in [-0.05, 0) is 31.7 Å². The molecule has 0 radical (unpaired) electrons. The maximum atomic E-state index is 11.5. The Morgan fingerprint density at radius 2 is 2.18 bits per heavy atom. The topological polar surface area (TPSA) is 46.5 Å². The van der Waals surface area contributed by atoms with Gasteiger partial charge in [0.05, 0.1) is 11.5 Å². The predicted octanol–water partition coefficient (Wildman–Crippen LogP) is 2.50. The molecule has 1 fully saturated rings. The summed E-state index contributed by atoms with van der Waals surface area (Å²) < 4.78 is 5.44. The lowest BCUT2D eigenvalue weighted by Gasteiger charge is -2.27. The van der Waals surface area contributed by atoms with Crippen LogP contribution in [0.2, 0.25) is 0 Å². The number of aliphatic carboxylic acids is 1. The molecule has 1 aromatic rings. The van der Waals surface area contributed by atoms with E-state index in [1.54, 1.807) is 0 Å². The molecule has 1 aliphatic heterocycles. The molecule has 0 bridgehead atoms. The number of aryl methyl sites for hydroxylation is 1. The summed E-state index contributed by atoms with van der Waals surface area (Å²) in [5.74, 6) is -0.724. The van der Waals surface area contributed by atoms with E-state index in [9.17, 15) is 9.90 Å². The molecule has 1 N–H and O–H groups in total. The number of carboxylic acid groups (broad SMARTS) is 1. The Balaban J connectivity index is 2.07. The van der Waals surface area contributed by atoms with Crippen molar-refractivity contribution >= 4 is 5.97 Å². The Hall–Kier alpha value is -1.35. The largest absolute Gasteiger partial charge is 0.481 e. The van der Waals surface area contributed by atoms with Crippen molar-refractivity contribution in [2.75, 3.05) is 6.61 Å². The average Bonchev–Trinajstić information content (AvgIpc) is 2.71. The number of hydrogen-bond donors (Lipinski definition) is 1. The molecule has 92 valence electrons. The molecule has 1 heterocycles. The molecular weight excluding hydrogens is 216 g/mol. The number of rotatable bonds is 4. The van der Waals surface area contributed by atoms with Crippen molar-refractivity contribution in [3.05, 3.63) is 35.9 Å². The van der Waals surface area contributed by atoms with Crippen molar-refractivity contribution in [2.24, 2.45) is 5.41 Å². The van der Waals surface area contributed by atoms with Gasteiger partial charge in [0, 0.05) is 6.61 Å². The van der Waals surface area contributed by atoms with Crippen molar-refractivity contribution < 1.29 is 14.6 Å². The van der Waals surface area contributed by atoms with Crippen LogP contribution in [0.4, 0.5) is 0 Å². The summed E-state index contributed by atoms with van der Waals surface area (Å²) >= 11 is 0. The monoisotopic (exact) mass is 234 g/mol. The molecule has 1 aliphatic rings. The highest BCUT2D eigenvalue weighted by atomic mass is 16.5. The fraction of sp³-hybridized carbons (Fsp3) is 0.500. The van der Waals surface area contributed by atoms with Gasteiger partial charge < -0.3 is 9.84 Å². The van der Waals surface area contributed by atoms with Crippen molar-refractivity contribution in [2.45, 2.75) is 32.3 Å². The summed E-state index contributed by atoms with van der Waals surface area (Å²) in [6.07, 6.45) is 1.87. The first-order chi connectivity index (χ1) is 8.15. The first-order valence-electron chi connectivity index (χ1n) is 6.04. The van der Waals surface area contributed by atoms with E-state index in [-0.39, 0.29) is 6.10 Å². The molecular formula is C14H18O3. The van der Waals surface area contributed by atoms with E-state index in [4.69, 9.17) is 4.74 Å². The lowest BCUT2D eigenvalue weighted by atomic mass is 9.77. The second kappa shape index (κ2) is 4.88. The molecule has 0 spiro atoms. The van der Waals surface area contributed by atoms with Crippen molar-refractivity contribution in [3.63, 3.8) is 0 Å². The van der Waals surface area contributed by atoms with Gasteiger partial charge in [-0.2, -0.15) is 0 Å². The molecule has 1 aromatic carbocycles. The highest BCUT2D eigenvalue weighted by Crippen LogP contribution is 2.39. The minimum absolute atomic E-state index is 0.191. The van der Waals surface area contributed by atoms with Crippen LogP contribution in [0.15, 0.2) is 30.3 Å². The summed E-state index contributed by atoms with van der Waals surface area (Å²) in [6.45, 7) is 2.42. The van der Waals surface area contributed by atoms with Crippen molar-refractivity contribution in [3.8, 4) is 0 Å². The molecule has 0 aromatic heterocycles. The standard InChI is InChI=1S/C14H18O3/c1-11-14(13(15)16,9-10-17-11)8-7-12-5-3-2-4-6-12/h2-6,11H,7-10H2,1H3,(H,15,16). The maximum Gasteiger partial charge on any atom is 0.312 e. The van der Waals surface area contributed by atoms with E-state index in [0.717, 1.165) is 6.42 Å². The highest BCUT2D eigenvalue weighted by molar-refractivity contribution is 5.75. The Kier molecular flexibility index (Phi) is 3.48. The van der Waals surface area contributed by atoms with Crippen molar-refractivity contribution in [1.29, 1.82) is 0 Å². The minimum atomic E-state index is -0.724. The zero-order chi connectivity index (χ0) is 12.3. The van der Waals surface area contributed by atoms with Crippen LogP contribution in [0, 0.1) is 5.41 Å². The molecule has 3 nitrogen and oxygen atoms in total. The molecule has 3 heteroatoms. The van der Waals surface area contributed by atoms with E-state index >= 15 is 0 Å². The third-order valence-electron chi connectivity index (χ3n) is 3.82. The smallest absolute Gasteiger partial charge is 0.312 e. The van der Waals surface area contributed by atoms with Crippen molar-refractivity contribution in [1.82, 2.24) is 0 Å². The minimum Gasteiger partial charge on any atom is -0.481 e. The fourth-order valence-electron chi connectivity index (χ4n) is 2.51. The number of ether oxygens (including phenoxy) is 1. The highest BCUT2D eigenvalue weighted by Gasteiger charge is 2.47. The first-order valence-corrected chi connectivity index (χ1v) is 6.04. The summed E-state index contributed by atoms with van der Waals surface area (Å²) in [6, 6.07) is 10.0. The Labute approximate surface area is 101 Å². The molecule has 1 saturated heterocycles. The lowest BCUT2D eigenvalue weighted by molar-refractivity contribution is -0.152. The number of carbonyl (C=O) groups is 1. The van der Waals surface area contributed by atoms with Gasteiger partial charge in [0.1, 0.15) is 0 Å². The third kappa shape index (κ3) is 2.34. The summed E-state index contributed by atoms with van der Waals surface area (Å²) in [7, 11) is 0. The van der Waals surface area contributed by atoms with Crippen LogP contribution >= 0.6 is 0 Å². The van der Waals surface area contributed by atoms with Gasteiger partial charge in [0.25, 0.3) is 0 Å².